The highest BCUT2D eigenvalue weighted by Gasteiger charge is 2.08. The van der Waals surface area contributed by atoms with E-state index in [2.05, 4.69) is 59.6 Å². The maximum atomic E-state index is 8.68. The van der Waals surface area contributed by atoms with Gasteiger partial charge < -0.3 is 0 Å². The number of azo groups is 1. The molecular weight excluding hydrogens is 471 g/mol. The van der Waals surface area contributed by atoms with Gasteiger partial charge in [0.2, 0.25) is 0 Å². The van der Waals surface area contributed by atoms with Gasteiger partial charge in [-0.15, -0.1) is 46.2 Å². The third kappa shape index (κ3) is 6.57. The summed E-state index contributed by atoms with van der Waals surface area (Å²) >= 11 is 7.26. The Labute approximate surface area is 205 Å². The minimum atomic E-state index is 0.592. The molecule has 0 bridgehead atoms. The van der Waals surface area contributed by atoms with Gasteiger partial charge in [0, 0.05) is 27.7 Å². The Hall–Kier alpha value is -2.37. The first-order valence-corrected chi connectivity index (χ1v) is 13.7. The summed E-state index contributed by atoms with van der Waals surface area (Å²) in [6, 6.07) is 27.3. The molecule has 0 fully saturated rings. The van der Waals surface area contributed by atoms with Crippen molar-refractivity contribution in [2.75, 3.05) is 5.75 Å². The van der Waals surface area contributed by atoms with Crippen LogP contribution in [0, 0.1) is 18.3 Å². The second-order valence-corrected chi connectivity index (χ2v) is 11.8. The maximum Gasteiger partial charge on any atom is 0.0857 e. The monoisotopic (exact) mass is 491 g/mol. The Balaban J connectivity index is 1.30. The maximum absolute atomic E-state index is 8.68. The van der Waals surface area contributed by atoms with Crippen LogP contribution in [-0.4, -0.2) is 5.75 Å². The number of aryl methyl sites for hydroxylation is 1. The molecule has 0 unspecified atom stereocenters. The lowest BCUT2D eigenvalue weighted by Crippen LogP contribution is -1.77. The number of thioether (sulfide) groups is 2. The van der Waals surface area contributed by atoms with Gasteiger partial charge >= 0.3 is 0 Å². The van der Waals surface area contributed by atoms with E-state index in [-0.39, 0.29) is 0 Å². The average molecular weight is 492 g/mol. The van der Waals surface area contributed by atoms with E-state index >= 15 is 0 Å². The molecule has 160 valence electrons. The molecule has 0 aliphatic carbocycles. The van der Waals surface area contributed by atoms with Crippen molar-refractivity contribution >= 4 is 57.6 Å². The standard InChI is InChI=1S/C25H21N3S4/c1-18-3-7-20(8-4-18)27-28-21-9-5-19(6-10-21)17-30-25-14-12-23(32-25)22-11-13-24(31-22)29-16-2-15-26/h3-14H,2,16-17H2,1H3. The molecule has 0 radical (unpaired) electrons. The van der Waals surface area contributed by atoms with Gasteiger partial charge in [-0.3, -0.25) is 0 Å². The van der Waals surface area contributed by atoms with Crippen LogP contribution in [0.25, 0.3) is 9.75 Å². The summed E-state index contributed by atoms with van der Waals surface area (Å²) in [5, 5.41) is 17.3. The van der Waals surface area contributed by atoms with Gasteiger partial charge in [0.25, 0.3) is 0 Å². The SMILES string of the molecule is Cc1ccc(N=Nc2ccc(CSc3ccc(-c4ccc(SCCC#N)s4)s3)cc2)cc1. The zero-order chi connectivity index (χ0) is 22.2. The normalized spacial score (nSPS) is 11.1. The number of rotatable bonds is 9. The highest BCUT2D eigenvalue weighted by atomic mass is 32.2. The van der Waals surface area contributed by atoms with Crippen LogP contribution in [0.5, 0.6) is 0 Å². The zero-order valence-electron chi connectivity index (χ0n) is 17.5. The molecule has 2 aromatic carbocycles. The summed E-state index contributed by atoms with van der Waals surface area (Å²) in [4.78, 5) is 2.60. The van der Waals surface area contributed by atoms with Crippen LogP contribution < -0.4 is 0 Å². The number of hydrogen-bond donors (Lipinski definition) is 0. The highest BCUT2D eigenvalue weighted by Crippen LogP contribution is 2.40. The molecule has 32 heavy (non-hydrogen) atoms. The van der Waals surface area contributed by atoms with Crippen LogP contribution in [0.2, 0.25) is 0 Å². The van der Waals surface area contributed by atoms with Crippen molar-refractivity contribution in [1.82, 2.24) is 0 Å². The van der Waals surface area contributed by atoms with Crippen molar-refractivity contribution in [2.45, 2.75) is 27.5 Å². The number of benzene rings is 2. The number of nitriles is 1. The Bertz CT molecular complexity index is 1220. The van der Waals surface area contributed by atoms with Crippen LogP contribution in [0.1, 0.15) is 17.5 Å². The fourth-order valence-corrected chi connectivity index (χ4v) is 7.02. The number of nitrogens with zero attached hydrogens (tertiary/aromatic N) is 3. The number of hydrogen-bond acceptors (Lipinski definition) is 7. The van der Waals surface area contributed by atoms with Crippen molar-refractivity contribution in [3.63, 3.8) is 0 Å². The van der Waals surface area contributed by atoms with Crippen LogP contribution in [-0.2, 0) is 5.75 Å². The molecule has 0 aliphatic rings. The first-order valence-electron chi connectivity index (χ1n) is 10.1. The molecule has 0 amide bonds. The Morgan fingerprint density at radius 3 is 1.91 bits per heavy atom. The van der Waals surface area contributed by atoms with E-state index in [0.717, 1.165) is 22.9 Å². The van der Waals surface area contributed by atoms with E-state index in [4.69, 9.17) is 5.26 Å². The first-order chi connectivity index (χ1) is 15.7. The fraction of sp³-hybridized carbons (Fsp3) is 0.160. The molecule has 0 saturated carbocycles. The fourth-order valence-electron chi connectivity index (χ4n) is 2.80. The molecule has 2 aromatic heterocycles. The molecule has 0 N–H and O–H groups in total. The molecule has 0 saturated heterocycles. The molecule has 3 nitrogen and oxygen atoms in total. The second-order valence-electron chi connectivity index (χ2n) is 6.98. The van der Waals surface area contributed by atoms with Crippen molar-refractivity contribution < 1.29 is 0 Å². The van der Waals surface area contributed by atoms with Crippen molar-refractivity contribution in [3.8, 4) is 15.8 Å². The minimum Gasteiger partial charge on any atom is -0.198 e. The van der Waals surface area contributed by atoms with Gasteiger partial charge in [-0.05, 0) is 61.0 Å². The van der Waals surface area contributed by atoms with Crippen molar-refractivity contribution in [2.24, 2.45) is 10.2 Å². The molecule has 2 heterocycles. The Kier molecular flexibility index (Phi) is 8.18. The van der Waals surface area contributed by atoms with Gasteiger partial charge in [-0.2, -0.15) is 15.5 Å². The van der Waals surface area contributed by atoms with Gasteiger partial charge in [0.05, 0.1) is 25.9 Å². The van der Waals surface area contributed by atoms with E-state index in [0.29, 0.717) is 6.42 Å². The second kappa shape index (κ2) is 11.5. The van der Waals surface area contributed by atoms with E-state index < -0.39 is 0 Å². The van der Waals surface area contributed by atoms with E-state index in [1.807, 2.05) is 59.5 Å². The predicted molar refractivity (Wildman–Crippen MR) is 140 cm³/mol. The molecule has 0 aliphatic heterocycles. The summed E-state index contributed by atoms with van der Waals surface area (Å²) in [5.74, 6) is 1.78. The van der Waals surface area contributed by atoms with Crippen molar-refractivity contribution in [1.29, 1.82) is 5.26 Å². The summed E-state index contributed by atoms with van der Waals surface area (Å²) in [5.41, 5.74) is 4.21. The summed E-state index contributed by atoms with van der Waals surface area (Å²) in [6.45, 7) is 2.06. The first kappa shape index (κ1) is 22.8. The topological polar surface area (TPSA) is 48.5 Å². The smallest absolute Gasteiger partial charge is 0.0857 e. The predicted octanol–water partition coefficient (Wildman–Crippen LogP) is 9.50. The summed E-state index contributed by atoms with van der Waals surface area (Å²) in [7, 11) is 0. The lowest BCUT2D eigenvalue weighted by atomic mass is 10.2. The van der Waals surface area contributed by atoms with Crippen LogP contribution in [0.15, 0.2) is 91.4 Å². The van der Waals surface area contributed by atoms with Gasteiger partial charge in [0.15, 0.2) is 0 Å². The van der Waals surface area contributed by atoms with E-state index in [1.54, 1.807) is 23.1 Å². The molecular formula is C25H21N3S4. The number of thiophene rings is 2. The third-order valence-electron chi connectivity index (χ3n) is 4.50. The minimum absolute atomic E-state index is 0.592. The molecule has 0 atom stereocenters. The molecule has 4 rings (SSSR count). The van der Waals surface area contributed by atoms with Gasteiger partial charge in [-0.25, -0.2) is 0 Å². The third-order valence-corrected chi connectivity index (χ3v) is 9.39. The average Bonchev–Trinajstić information content (AvgIpc) is 3.48. The molecule has 0 spiro atoms. The van der Waals surface area contributed by atoms with Crippen LogP contribution >= 0.6 is 46.2 Å². The van der Waals surface area contributed by atoms with Crippen LogP contribution in [0.3, 0.4) is 0 Å². The van der Waals surface area contributed by atoms with E-state index in [9.17, 15) is 0 Å². The van der Waals surface area contributed by atoms with Crippen LogP contribution in [0.4, 0.5) is 11.4 Å². The summed E-state index contributed by atoms with van der Waals surface area (Å²) in [6.07, 6.45) is 0.592. The largest absolute Gasteiger partial charge is 0.198 e. The molecule has 7 heteroatoms. The zero-order valence-corrected chi connectivity index (χ0v) is 20.8. The summed E-state index contributed by atoms with van der Waals surface area (Å²) < 4.78 is 2.59. The van der Waals surface area contributed by atoms with Gasteiger partial charge in [-0.1, -0.05) is 29.8 Å². The van der Waals surface area contributed by atoms with Gasteiger partial charge in [0.1, 0.15) is 0 Å². The van der Waals surface area contributed by atoms with Crippen molar-refractivity contribution in [3.05, 3.63) is 83.9 Å². The Morgan fingerprint density at radius 1 is 0.750 bits per heavy atom. The lowest BCUT2D eigenvalue weighted by molar-refractivity contribution is 1.22. The Morgan fingerprint density at radius 2 is 1.31 bits per heavy atom. The quantitative estimate of drug-likeness (QED) is 0.133. The highest BCUT2D eigenvalue weighted by molar-refractivity contribution is 8.01. The van der Waals surface area contributed by atoms with E-state index in [1.165, 1.54) is 29.3 Å². The lowest BCUT2D eigenvalue weighted by Gasteiger charge is -2.00. The molecule has 4 aromatic rings.